The van der Waals surface area contributed by atoms with Crippen molar-refractivity contribution in [1.29, 1.82) is 0 Å². The van der Waals surface area contributed by atoms with Crippen molar-refractivity contribution in [2.24, 2.45) is 22.5 Å². The van der Waals surface area contributed by atoms with Crippen molar-refractivity contribution in [2.75, 3.05) is 4.90 Å². The highest BCUT2D eigenvalue weighted by molar-refractivity contribution is 6.23. The predicted molar refractivity (Wildman–Crippen MR) is 129 cm³/mol. The highest BCUT2D eigenvalue weighted by atomic mass is 16.2. The van der Waals surface area contributed by atoms with Crippen LogP contribution in [0.3, 0.4) is 0 Å². The van der Waals surface area contributed by atoms with Gasteiger partial charge in [0.2, 0.25) is 17.7 Å². The number of rotatable bonds is 6. The first-order chi connectivity index (χ1) is 15.9. The summed E-state index contributed by atoms with van der Waals surface area (Å²) >= 11 is 0. The minimum atomic E-state index is -0.904. The van der Waals surface area contributed by atoms with E-state index in [-0.39, 0.29) is 46.6 Å². The fourth-order valence-electron chi connectivity index (χ4n) is 5.35. The van der Waals surface area contributed by atoms with Gasteiger partial charge >= 0.3 is 0 Å². The zero-order valence-electron chi connectivity index (χ0n) is 20.2. The van der Waals surface area contributed by atoms with Gasteiger partial charge in [-0.25, -0.2) is 4.90 Å². The zero-order chi connectivity index (χ0) is 25.0. The lowest BCUT2D eigenvalue weighted by molar-refractivity contribution is -0.143. The molecule has 7 nitrogen and oxygen atoms in total. The highest BCUT2D eigenvalue weighted by Gasteiger charge is 2.69. The average molecular weight is 462 g/mol. The SMILES string of the molecule is CC(c1ccccc1)N(C(=O)C1C(C)(C)C1(C)C)C1CC(=O)N(c2ccc(C(N)=O)cc2)C1=O. The number of benzene rings is 2. The van der Waals surface area contributed by atoms with Gasteiger partial charge in [-0.2, -0.15) is 0 Å². The molecule has 1 saturated carbocycles. The maximum Gasteiger partial charge on any atom is 0.257 e. The second kappa shape index (κ2) is 8.08. The maximum atomic E-state index is 13.9. The molecular formula is C27H31N3O4. The number of hydrogen-bond donors (Lipinski definition) is 1. The van der Waals surface area contributed by atoms with Gasteiger partial charge in [0.05, 0.1) is 18.2 Å². The Morgan fingerprint density at radius 2 is 1.53 bits per heavy atom. The summed E-state index contributed by atoms with van der Waals surface area (Å²) in [5.41, 5.74) is 6.42. The molecule has 2 N–H and O–H groups in total. The average Bonchev–Trinajstić information content (AvgIpc) is 3.02. The number of anilines is 1. The molecule has 1 heterocycles. The van der Waals surface area contributed by atoms with Crippen LogP contribution in [-0.2, 0) is 14.4 Å². The molecule has 0 radical (unpaired) electrons. The molecule has 2 atom stereocenters. The molecule has 178 valence electrons. The van der Waals surface area contributed by atoms with Crippen LogP contribution in [0.5, 0.6) is 0 Å². The minimum absolute atomic E-state index is 0.0904. The van der Waals surface area contributed by atoms with Gasteiger partial charge in [0.1, 0.15) is 6.04 Å². The van der Waals surface area contributed by atoms with Crippen molar-refractivity contribution in [3.8, 4) is 0 Å². The van der Waals surface area contributed by atoms with Gasteiger partial charge < -0.3 is 10.6 Å². The summed E-state index contributed by atoms with van der Waals surface area (Å²) in [4.78, 5) is 54.7. The van der Waals surface area contributed by atoms with Crippen LogP contribution in [0.2, 0.25) is 0 Å². The van der Waals surface area contributed by atoms with Gasteiger partial charge in [0, 0.05) is 11.5 Å². The van der Waals surface area contributed by atoms with Crippen molar-refractivity contribution >= 4 is 29.3 Å². The number of imide groups is 1. The van der Waals surface area contributed by atoms with Crippen LogP contribution in [0.1, 0.15) is 63.0 Å². The Hall–Kier alpha value is -3.48. The third-order valence-electron chi connectivity index (χ3n) is 8.09. The fraction of sp³-hybridized carbons (Fsp3) is 0.407. The topological polar surface area (TPSA) is 101 Å². The van der Waals surface area contributed by atoms with Gasteiger partial charge in [-0.05, 0) is 47.6 Å². The van der Waals surface area contributed by atoms with Crippen LogP contribution in [0.15, 0.2) is 54.6 Å². The molecule has 34 heavy (non-hydrogen) atoms. The van der Waals surface area contributed by atoms with Crippen molar-refractivity contribution in [1.82, 2.24) is 4.90 Å². The number of amides is 4. The third-order valence-corrected chi connectivity index (χ3v) is 8.09. The van der Waals surface area contributed by atoms with E-state index in [1.54, 1.807) is 4.90 Å². The van der Waals surface area contributed by atoms with E-state index in [0.29, 0.717) is 5.69 Å². The lowest BCUT2D eigenvalue weighted by Gasteiger charge is -2.34. The standard InChI is InChI=1S/C27H31N3O4/c1-16(17-9-7-6-8-10-17)29(25(34)22-26(2,3)27(22,4)5)20-15-21(31)30(24(20)33)19-13-11-18(12-14-19)23(28)32/h6-14,16,20,22H,15H2,1-5H3,(H2,28,32). The molecule has 4 amide bonds. The second-order valence-electron chi connectivity index (χ2n) is 10.4. The Bertz CT molecular complexity index is 1140. The molecular weight excluding hydrogens is 430 g/mol. The minimum Gasteiger partial charge on any atom is -0.366 e. The molecule has 0 bridgehead atoms. The van der Waals surface area contributed by atoms with Gasteiger partial charge in [0.25, 0.3) is 5.91 Å². The van der Waals surface area contributed by atoms with Gasteiger partial charge in [-0.3, -0.25) is 19.2 Å². The lowest BCUT2D eigenvalue weighted by atomic mass is 10.0. The summed E-state index contributed by atoms with van der Waals surface area (Å²) in [6, 6.07) is 14.3. The monoisotopic (exact) mass is 461 g/mol. The molecule has 0 spiro atoms. The first kappa shape index (κ1) is 23.7. The van der Waals surface area contributed by atoms with Crippen LogP contribution in [0, 0.1) is 16.7 Å². The molecule has 1 aliphatic carbocycles. The van der Waals surface area contributed by atoms with Crippen LogP contribution < -0.4 is 10.6 Å². The maximum absolute atomic E-state index is 13.9. The van der Waals surface area contributed by atoms with E-state index in [9.17, 15) is 19.2 Å². The van der Waals surface area contributed by atoms with E-state index in [0.717, 1.165) is 10.5 Å². The molecule has 0 aromatic heterocycles. The summed E-state index contributed by atoms with van der Waals surface area (Å²) in [6.45, 7) is 10.2. The normalized spacial score (nSPS) is 21.9. The fourth-order valence-corrected chi connectivity index (χ4v) is 5.35. The Labute approximate surface area is 199 Å². The molecule has 2 unspecified atom stereocenters. The Morgan fingerprint density at radius 3 is 2.03 bits per heavy atom. The van der Waals surface area contributed by atoms with Crippen LogP contribution in [-0.4, -0.2) is 34.6 Å². The highest BCUT2D eigenvalue weighted by Crippen LogP contribution is 2.69. The first-order valence-corrected chi connectivity index (χ1v) is 11.5. The summed E-state index contributed by atoms with van der Waals surface area (Å²) < 4.78 is 0. The Morgan fingerprint density at radius 1 is 0.971 bits per heavy atom. The van der Waals surface area contributed by atoms with Gasteiger partial charge in [0.15, 0.2) is 0 Å². The Kier molecular flexibility index (Phi) is 5.62. The van der Waals surface area contributed by atoms with Crippen molar-refractivity contribution < 1.29 is 19.2 Å². The molecule has 7 heteroatoms. The van der Waals surface area contributed by atoms with E-state index >= 15 is 0 Å². The number of carbonyl (C=O) groups excluding carboxylic acids is 4. The van der Waals surface area contributed by atoms with E-state index in [4.69, 9.17) is 5.73 Å². The summed E-state index contributed by atoms with van der Waals surface area (Å²) in [6.07, 6.45) is -0.0904. The van der Waals surface area contributed by atoms with Crippen molar-refractivity contribution in [3.63, 3.8) is 0 Å². The van der Waals surface area contributed by atoms with Gasteiger partial charge in [-0.1, -0.05) is 58.0 Å². The molecule has 2 aliphatic rings. The number of hydrogen-bond acceptors (Lipinski definition) is 4. The Balaban J connectivity index is 1.70. The van der Waals surface area contributed by atoms with E-state index in [2.05, 4.69) is 27.7 Å². The largest absolute Gasteiger partial charge is 0.366 e. The number of primary amides is 1. The van der Waals surface area contributed by atoms with Crippen LogP contribution in [0.4, 0.5) is 5.69 Å². The third kappa shape index (κ3) is 3.59. The molecule has 4 rings (SSSR count). The lowest BCUT2D eigenvalue weighted by Crippen LogP contribution is -2.48. The van der Waals surface area contributed by atoms with Crippen molar-refractivity contribution in [2.45, 2.75) is 53.1 Å². The van der Waals surface area contributed by atoms with E-state index in [1.165, 1.54) is 24.3 Å². The van der Waals surface area contributed by atoms with Gasteiger partial charge in [-0.15, -0.1) is 0 Å². The molecule has 2 aromatic rings. The molecule has 2 aromatic carbocycles. The van der Waals surface area contributed by atoms with Crippen molar-refractivity contribution in [3.05, 3.63) is 65.7 Å². The summed E-state index contributed by atoms with van der Waals surface area (Å²) in [5.74, 6) is -1.77. The number of carbonyl (C=O) groups is 4. The summed E-state index contributed by atoms with van der Waals surface area (Å²) in [5, 5.41) is 0. The van der Waals surface area contributed by atoms with E-state index in [1.807, 2.05) is 37.3 Å². The number of nitrogens with two attached hydrogens (primary N) is 1. The summed E-state index contributed by atoms with van der Waals surface area (Å²) in [7, 11) is 0. The second-order valence-corrected chi connectivity index (χ2v) is 10.4. The predicted octanol–water partition coefficient (Wildman–Crippen LogP) is 3.69. The van der Waals surface area contributed by atoms with Crippen LogP contribution in [0.25, 0.3) is 0 Å². The smallest absolute Gasteiger partial charge is 0.257 e. The quantitative estimate of drug-likeness (QED) is 0.663. The van der Waals surface area contributed by atoms with Crippen LogP contribution >= 0.6 is 0 Å². The van der Waals surface area contributed by atoms with E-state index < -0.39 is 17.9 Å². The molecule has 1 aliphatic heterocycles. The molecule has 1 saturated heterocycles. The number of nitrogens with zero attached hydrogens (tertiary/aromatic N) is 2. The molecule has 2 fully saturated rings. The first-order valence-electron chi connectivity index (χ1n) is 11.5. The zero-order valence-corrected chi connectivity index (χ0v) is 20.2.